The van der Waals surface area contributed by atoms with E-state index in [1.165, 1.54) is 12.3 Å². The Balaban J connectivity index is 1.61. The van der Waals surface area contributed by atoms with E-state index in [2.05, 4.69) is 16.8 Å². The van der Waals surface area contributed by atoms with Crippen LogP contribution < -0.4 is 10.5 Å². The highest BCUT2D eigenvalue weighted by atomic mass is 19.1. The minimum Gasteiger partial charge on any atom is -0.478 e. The van der Waals surface area contributed by atoms with Crippen LogP contribution in [0.4, 0.5) is 8.78 Å². The minimum atomic E-state index is -1.15. The molecule has 2 aromatic rings. The summed E-state index contributed by atoms with van der Waals surface area (Å²) in [7, 11) is 0. The fourth-order valence-electron chi connectivity index (χ4n) is 5.14. The highest BCUT2D eigenvalue weighted by Gasteiger charge is 2.51. The molecule has 8 heteroatoms. The van der Waals surface area contributed by atoms with E-state index in [-0.39, 0.29) is 23.8 Å². The Morgan fingerprint density at radius 3 is 2.69 bits per heavy atom. The molecule has 4 heterocycles. The van der Waals surface area contributed by atoms with Gasteiger partial charge in [0, 0.05) is 29.3 Å². The number of hydrogen-bond acceptors (Lipinski definition) is 6. The van der Waals surface area contributed by atoms with Crippen molar-refractivity contribution < 1.29 is 23.0 Å². The second-order valence-electron chi connectivity index (χ2n) is 9.54. The van der Waals surface area contributed by atoms with Gasteiger partial charge in [-0.2, -0.15) is 4.39 Å². The molecule has 178 valence electrons. The Morgan fingerprint density at radius 1 is 1.11 bits per heavy atom. The average Bonchev–Trinajstić information content (AvgIpc) is 2.83. The van der Waals surface area contributed by atoms with Gasteiger partial charge in [-0.15, -0.1) is 0 Å². The molecular weight excluding hydrogens is 452 g/mol. The predicted octanol–water partition coefficient (Wildman–Crippen LogP) is 3.53. The lowest BCUT2D eigenvalue weighted by molar-refractivity contribution is -0.0649. The van der Waals surface area contributed by atoms with Gasteiger partial charge < -0.3 is 19.9 Å². The van der Waals surface area contributed by atoms with Gasteiger partial charge in [0.15, 0.2) is 11.6 Å². The van der Waals surface area contributed by atoms with Crippen LogP contribution >= 0.6 is 0 Å². The van der Waals surface area contributed by atoms with Gasteiger partial charge in [0.05, 0.1) is 30.7 Å². The van der Waals surface area contributed by atoms with Gasteiger partial charge in [-0.05, 0) is 25.1 Å². The van der Waals surface area contributed by atoms with Crippen molar-refractivity contribution in [2.24, 2.45) is 16.1 Å². The fourth-order valence-corrected chi connectivity index (χ4v) is 5.14. The summed E-state index contributed by atoms with van der Waals surface area (Å²) in [6, 6.07) is 8.10. The van der Waals surface area contributed by atoms with Crippen LogP contribution in [0.1, 0.15) is 24.5 Å². The first-order valence-electron chi connectivity index (χ1n) is 11.4. The molecule has 1 aromatic carbocycles. The molecule has 3 atom stereocenters. The summed E-state index contributed by atoms with van der Waals surface area (Å²) in [5, 5.41) is 0. The van der Waals surface area contributed by atoms with Crippen molar-refractivity contribution in [3.8, 4) is 17.6 Å². The molecule has 1 aromatic heterocycles. The van der Waals surface area contributed by atoms with Crippen molar-refractivity contribution in [1.82, 2.24) is 4.98 Å². The summed E-state index contributed by atoms with van der Waals surface area (Å²) in [5.41, 5.74) is 5.09. The number of halogens is 2. The number of fused-ring (bicyclic) bond motifs is 4. The molecule has 2 unspecified atom stereocenters. The number of aliphatic imine (C=N–C) groups is 1. The molecule has 1 fully saturated rings. The quantitative estimate of drug-likeness (QED) is 0.388. The lowest BCUT2D eigenvalue weighted by Crippen LogP contribution is -2.47. The predicted molar refractivity (Wildman–Crippen MR) is 124 cm³/mol. The number of hydrogen-bond donors (Lipinski definition) is 1. The van der Waals surface area contributed by atoms with Crippen LogP contribution in [0.5, 0.6) is 5.75 Å². The normalized spacial score (nSPS) is 29.7. The zero-order valence-corrected chi connectivity index (χ0v) is 19.1. The smallest absolute Gasteiger partial charge is 0.283 e. The topological polar surface area (TPSA) is 79.0 Å². The van der Waals surface area contributed by atoms with Crippen molar-refractivity contribution in [1.29, 1.82) is 0 Å². The van der Waals surface area contributed by atoms with E-state index in [0.29, 0.717) is 36.3 Å². The van der Waals surface area contributed by atoms with E-state index >= 15 is 4.39 Å². The number of para-hydroxylation sites is 1. The Morgan fingerprint density at radius 2 is 1.94 bits per heavy atom. The standard InChI is InChI=1S/C27H23F2N3O3/c1-25(15-33-16-25)9-10-26(18-5-3-12-31-23(18)29)8-7-21-19(14-26)27(11-13-34-24(30)32-27)17-4-2-6-20(28)22(17)35-21/h2-8,12,14,21H,11,13,15-16H2,1H3,(H2,30,32)/t21-,26?,27?/m0/s1. The molecule has 3 aliphatic heterocycles. The van der Waals surface area contributed by atoms with Crippen LogP contribution in [0.3, 0.4) is 0 Å². The van der Waals surface area contributed by atoms with E-state index in [9.17, 15) is 4.39 Å². The monoisotopic (exact) mass is 475 g/mol. The molecular formula is C27H23F2N3O3. The van der Waals surface area contributed by atoms with Crippen LogP contribution in [0, 0.1) is 29.0 Å². The van der Waals surface area contributed by atoms with Crippen molar-refractivity contribution in [3.05, 3.63) is 83.2 Å². The number of pyridine rings is 1. The first-order valence-corrected chi connectivity index (χ1v) is 11.4. The largest absolute Gasteiger partial charge is 0.478 e. The van der Waals surface area contributed by atoms with Gasteiger partial charge in [-0.1, -0.05) is 42.2 Å². The molecule has 1 saturated heterocycles. The number of amidine groups is 1. The maximum atomic E-state index is 15.1. The molecule has 35 heavy (non-hydrogen) atoms. The van der Waals surface area contributed by atoms with Crippen LogP contribution in [0.15, 0.2) is 65.3 Å². The number of benzene rings is 1. The van der Waals surface area contributed by atoms with Crippen LogP contribution in [-0.4, -0.2) is 36.9 Å². The maximum absolute atomic E-state index is 15.1. The summed E-state index contributed by atoms with van der Waals surface area (Å²) in [6.45, 7) is 3.31. The van der Waals surface area contributed by atoms with Gasteiger partial charge in [0.25, 0.3) is 6.02 Å². The van der Waals surface area contributed by atoms with E-state index in [1.54, 1.807) is 36.4 Å². The first kappa shape index (κ1) is 21.8. The summed E-state index contributed by atoms with van der Waals surface area (Å²) in [5.74, 6) is 5.65. The van der Waals surface area contributed by atoms with Crippen molar-refractivity contribution >= 4 is 6.02 Å². The second kappa shape index (κ2) is 7.65. The van der Waals surface area contributed by atoms with E-state index in [4.69, 9.17) is 24.9 Å². The molecule has 1 aliphatic carbocycles. The molecule has 1 spiro atoms. The summed E-state index contributed by atoms with van der Waals surface area (Å²) < 4.78 is 46.9. The summed E-state index contributed by atoms with van der Waals surface area (Å²) >= 11 is 0. The summed E-state index contributed by atoms with van der Waals surface area (Å²) in [4.78, 5) is 8.58. The van der Waals surface area contributed by atoms with Crippen molar-refractivity contribution in [2.45, 2.75) is 30.4 Å². The van der Waals surface area contributed by atoms with Gasteiger partial charge in [0.2, 0.25) is 5.95 Å². The molecule has 2 N–H and O–H groups in total. The Hall–Kier alpha value is -3.70. The molecule has 0 saturated carbocycles. The lowest BCUT2D eigenvalue weighted by Gasteiger charge is -2.45. The number of rotatable bonds is 1. The average molecular weight is 475 g/mol. The zero-order valence-electron chi connectivity index (χ0n) is 19.1. The second-order valence-corrected chi connectivity index (χ2v) is 9.54. The molecule has 6 nitrogen and oxygen atoms in total. The van der Waals surface area contributed by atoms with Crippen LogP contribution in [0.2, 0.25) is 0 Å². The third kappa shape index (κ3) is 3.34. The number of ether oxygens (including phenoxy) is 3. The van der Waals surface area contributed by atoms with Crippen LogP contribution in [-0.2, 0) is 20.4 Å². The Bertz CT molecular complexity index is 1370. The van der Waals surface area contributed by atoms with Gasteiger partial charge in [-0.25, -0.2) is 14.4 Å². The van der Waals surface area contributed by atoms with Gasteiger partial charge in [-0.3, -0.25) is 0 Å². The maximum Gasteiger partial charge on any atom is 0.283 e. The summed E-state index contributed by atoms with van der Waals surface area (Å²) in [6.07, 6.45) is 6.64. The molecule has 6 rings (SSSR count). The van der Waals surface area contributed by atoms with Crippen LogP contribution in [0.25, 0.3) is 0 Å². The zero-order chi connectivity index (χ0) is 24.3. The Labute approximate surface area is 201 Å². The minimum absolute atomic E-state index is 0.00550. The van der Waals surface area contributed by atoms with Crippen molar-refractivity contribution in [2.75, 3.05) is 19.8 Å². The number of aromatic nitrogens is 1. The molecule has 0 amide bonds. The van der Waals surface area contributed by atoms with Crippen molar-refractivity contribution in [3.63, 3.8) is 0 Å². The first-order chi connectivity index (χ1) is 16.8. The van der Waals surface area contributed by atoms with E-state index < -0.39 is 28.8 Å². The SMILES string of the molecule is CC1(C#CC2(c3cccnc3F)C=C[C@@H]3Oc4c(F)cccc4C4(CCOC(N)=N4)C3=C2)COC1. The Kier molecular flexibility index (Phi) is 4.77. The highest BCUT2D eigenvalue weighted by molar-refractivity contribution is 5.74. The molecule has 0 radical (unpaired) electrons. The van der Waals surface area contributed by atoms with Gasteiger partial charge in [0.1, 0.15) is 11.6 Å². The molecule has 0 bridgehead atoms. The third-order valence-electron chi connectivity index (χ3n) is 6.99. The number of nitrogens with zero attached hydrogens (tertiary/aromatic N) is 2. The fraction of sp³-hybridized carbons (Fsp3) is 0.333. The highest BCUT2D eigenvalue weighted by Crippen LogP contribution is 2.53. The van der Waals surface area contributed by atoms with Gasteiger partial charge >= 0.3 is 0 Å². The lowest BCUT2D eigenvalue weighted by atomic mass is 9.67. The van der Waals surface area contributed by atoms with E-state index in [0.717, 1.165) is 0 Å². The van der Waals surface area contributed by atoms with E-state index in [1.807, 2.05) is 13.0 Å². The third-order valence-corrected chi connectivity index (χ3v) is 6.99. The number of nitrogens with two attached hydrogens (primary N) is 1. The number of allylic oxidation sites excluding steroid dienone is 2. The molecule has 4 aliphatic rings.